The zero-order valence-corrected chi connectivity index (χ0v) is 28.7. The van der Waals surface area contributed by atoms with E-state index in [-0.39, 0.29) is 37.4 Å². The van der Waals surface area contributed by atoms with Gasteiger partial charge in [-0.15, -0.1) is 0 Å². The van der Waals surface area contributed by atoms with Gasteiger partial charge >= 0.3 is 5.97 Å². The van der Waals surface area contributed by atoms with E-state index in [0.29, 0.717) is 80.5 Å². The van der Waals surface area contributed by atoms with Crippen LogP contribution in [-0.2, 0) is 22.7 Å². The predicted octanol–water partition coefficient (Wildman–Crippen LogP) is 4.28. The number of benzene rings is 2. The fourth-order valence-electron chi connectivity index (χ4n) is 5.47. The van der Waals surface area contributed by atoms with Crippen LogP contribution in [0.2, 0.25) is 10.0 Å². The molecule has 13 nitrogen and oxygen atoms in total. The molecule has 1 fully saturated rings. The maximum Gasteiger partial charge on any atom is 0.323 e. The number of methoxy groups -OCH3 is 2. The van der Waals surface area contributed by atoms with Gasteiger partial charge in [0.05, 0.1) is 48.0 Å². The summed E-state index contributed by atoms with van der Waals surface area (Å²) in [7, 11) is 2.98. The minimum atomic E-state index is -1.36. The molecule has 1 aliphatic rings. The Balaban J connectivity index is 1.39. The Bertz CT molecular complexity index is 1850. The number of aromatic nitrogens is 4. The van der Waals surface area contributed by atoms with E-state index < -0.39 is 11.5 Å². The third-order valence-corrected chi connectivity index (χ3v) is 9.16. The molecule has 1 saturated heterocycles. The Hall–Kier alpha value is -4.40. The summed E-state index contributed by atoms with van der Waals surface area (Å²) < 4.78 is 11.0. The first-order chi connectivity index (χ1) is 23.6. The molecule has 2 aromatic carbocycles. The molecule has 49 heavy (non-hydrogen) atoms. The summed E-state index contributed by atoms with van der Waals surface area (Å²) in [5.74, 6) is -0.481. The maximum atomic E-state index is 11.8. The number of carbonyl (C=O) groups is 2. The quantitative estimate of drug-likeness (QED) is 0.118. The Morgan fingerprint density at radius 1 is 0.939 bits per heavy atom. The minimum Gasteiger partial charge on any atom is -0.480 e. The molecule has 5 rings (SSSR count). The van der Waals surface area contributed by atoms with Gasteiger partial charge in [-0.1, -0.05) is 59.6 Å². The van der Waals surface area contributed by atoms with E-state index in [1.165, 1.54) is 27.3 Å². The molecule has 0 radical (unpaired) electrons. The lowest BCUT2D eigenvalue weighted by atomic mass is 9.98. The number of ether oxygens (including phenoxy) is 2. The Morgan fingerprint density at radius 2 is 1.47 bits per heavy atom. The molecule has 0 unspecified atom stereocenters. The molecule has 1 amide bonds. The number of halogens is 2. The van der Waals surface area contributed by atoms with Gasteiger partial charge in [0.2, 0.25) is 17.7 Å². The molecule has 0 spiro atoms. The highest BCUT2D eigenvalue weighted by atomic mass is 35.5. The van der Waals surface area contributed by atoms with E-state index in [4.69, 9.17) is 37.7 Å². The van der Waals surface area contributed by atoms with Gasteiger partial charge < -0.3 is 30.3 Å². The molecule has 2 aromatic heterocycles. The van der Waals surface area contributed by atoms with Crippen LogP contribution >= 0.6 is 23.2 Å². The van der Waals surface area contributed by atoms with Crippen LogP contribution in [0.3, 0.4) is 0 Å². The summed E-state index contributed by atoms with van der Waals surface area (Å²) in [5, 5.41) is 28.9. The van der Waals surface area contributed by atoms with Gasteiger partial charge in [-0.3, -0.25) is 24.9 Å². The monoisotopic (exact) mass is 709 g/mol. The SMILES string of the molecule is COc1nc(-c2cccc(-c3cccc(-c4cnc(CN[C@@](C)(CCO)C(=O)O)c(OC)n4)c3Cl)c2Cl)cnc1CNC[C@@H]1CCC(=O)N1. The van der Waals surface area contributed by atoms with Crippen LogP contribution in [-0.4, -0.2) is 81.0 Å². The van der Waals surface area contributed by atoms with Crippen molar-refractivity contribution >= 4 is 35.1 Å². The van der Waals surface area contributed by atoms with Crippen LogP contribution in [0.25, 0.3) is 33.6 Å². The number of rotatable bonds is 15. The second-order valence-electron chi connectivity index (χ2n) is 11.7. The molecule has 0 bridgehead atoms. The average molecular weight is 711 g/mol. The Morgan fingerprint density at radius 3 is 1.94 bits per heavy atom. The predicted molar refractivity (Wildman–Crippen MR) is 185 cm³/mol. The van der Waals surface area contributed by atoms with Crippen LogP contribution < -0.4 is 25.4 Å². The molecule has 0 saturated carbocycles. The molecule has 258 valence electrons. The average Bonchev–Trinajstić information content (AvgIpc) is 3.52. The number of nitrogens with one attached hydrogen (secondary N) is 3. The highest BCUT2D eigenvalue weighted by Gasteiger charge is 2.32. The number of carboxylic acid groups (broad SMARTS) is 1. The molecular weight excluding hydrogens is 673 g/mol. The van der Waals surface area contributed by atoms with Crippen LogP contribution in [0.4, 0.5) is 0 Å². The van der Waals surface area contributed by atoms with Crippen molar-refractivity contribution in [2.45, 2.75) is 50.9 Å². The lowest BCUT2D eigenvalue weighted by molar-refractivity contribution is -0.145. The van der Waals surface area contributed by atoms with Crippen LogP contribution in [0.5, 0.6) is 11.8 Å². The van der Waals surface area contributed by atoms with Gasteiger partial charge in [0.15, 0.2) is 0 Å². The van der Waals surface area contributed by atoms with Crippen molar-refractivity contribution in [1.82, 2.24) is 35.9 Å². The van der Waals surface area contributed by atoms with Crippen molar-refractivity contribution in [3.63, 3.8) is 0 Å². The third-order valence-electron chi connectivity index (χ3n) is 8.35. The summed E-state index contributed by atoms with van der Waals surface area (Å²) in [4.78, 5) is 41.6. The van der Waals surface area contributed by atoms with Gasteiger partial charge in [0.25, 0.3) is 0 Å². The highest BCUT2D eigenvalue weighted by Crippen LogP contribution is 2.42. The molecule has 0 aliphatic carbocycles. The first-order valence-corrected chi connectivity index (χ1v) is 16.3. The molecule has 1 aliphatic heterocycles. The minimum absolute atomic E-state index is 0.00844. The summed E-state index contributed by atoms with van der Waals surface area (Å²) in [6.07, 6.45) is 4.52. The van der Waals surface area contributed by atoms with Gasteiger partial charge in [0.1, 0.15) is 16.9 Å². The second-order valence-corrected chi connectivity index (χ2v) is 12.4. The van der Waals surface area contributed by atoms with Crippen LogP contribution in [0.15, 0.2) is 48.8 Å². The number of carboxylic acids is 1. The lowest BCUT2D eigenvalue weighted by Gasteiger charge is -2.25. The molecule has 15 heteroatoms. The van der Waals surface area contributed by atoms with E-state index >= 15 is 0 Å². The van der Waals surface area contributed by atoms with Crippen molar-refractivity contribution in [3.05, 3.63) is 70.2 Å². The van der Waals surface area contributed by atoms with E-state index in [1.807, 2.05) is 30.3 Å². The molecule has 5 N–H and O–H groups in total. The van der Waals surface area contributed by atoms with Gasteiger partial charge in [0, 0.05) is 61.0 Å². The number of carbonyl (C=O) groups excluding carboxylic acids is 1. The summed E-state index contributed by atoms with van der Waals surface area (Å²) >= 11 is 14.0. The molecule has 2 atom stereocenters. The second kappa shape index (κ2) is 15.9. The molecule has 4 aromatic rings. The van der Waals surface area contributed by atoms with Crippen molar-refractivity contribution in [1.29, 1.82) is 0 Å². The molecular formula is C34H37Cl2N7O6. The van der Waals surface area contributed by atoms with Gasteiger partial charge in [-0.2, -0.15) is 0 Å². The summed E-state index contributed by atoms with van der Waals surface area (Å²) in [6.45, 7) is 2.26. The number of aliphatic carboxylic acids is 1. The number of nitrogens with zero attached hydrogens (tertiary/aromatic N) is 4. The van der Waals surface area contributed by atoms with Crippen molar-refractivity contribution in [2.75, 3.05) is 27.4 Å². The lowest BCUT2D eigenvalue weighted by Crippen LogP contribution is -2.49. The first kappa shape index (κ1) is 35.9. The van der Waals surface area contributed by atoms with Gasteiger partial charge in [-0.25, -0.2) is 9.97 Å². The summed E-state index contributed by atoms with van der Waals surface area (Å²) in [5.41, 5.74) is 3.12. The zero-order valence-electron chi connectivity index (χ0n) is 27.2. The Kier molecular flexibility index (Phi) is 11.6. The van der Waals surface area contributed by atoms with Crippen molar-refractivity contribution in [3.8, 4) is 45.4 Å². The largest absolute Gasteiger partial charge is 0.480 e. The van der Waals surface area contributed by atoms with Crippen LogP contribution in [0, 0.1) is 0 Å². The van der Waals surface area contributed by atoms with E-state index in [0.717, 1.165) is 6.42 Å². The normalized spacial score (nSPS) is 15.5. The number of amides is 1. The number of hydrogen-bond donors (Lipinski definition) is 5. The first-order valence-electron chi connectivity index (χ1n) is 15.6. The zero-order chi connectivity index (χ0) is 35.1. The van der Waals surface area contributed by atoms with E-state index in [2.05, 4.69) is 30.9 Å². The third kappa shape index (κ3) is 8.09. The van der Waals surface area contributed by atoms with E-state index in [9.17, 15) is 19.8 Å². The highest BCUT2D eigenvalue weighted by molar-refractivity contribution is 6.39. The van der Waals surface area contributed by atoms with Crippen molar-refractivity contribution in [2.24, 2.45) is 0 Å². The Labute approximate surface area is 293 Å². The van der Waals surface area contributed by atoms with Gasteiger partial charge in [-0.05, 0) is 19.8 Å². The maximum absolute atomic E-state index is 11.8. The molecule has 3 heterocycles. The topological polar surface area (TPSA) is 181 Å². The van der Waals surface area contributed by atoms with E-state index in [1.54, 1.807) is 12.3 Å². The number of aliphatic hydroxyl groups is 1. The fourth-order valence-corrected chi connectivity index (χ4v) is 6.12. The number of hydrogen-bond acceptors (Lipinski definition) is 11. The van der Waals surface area contributed by atoms with Crippen molar-refractivity contribution < 1.29 is 29.3 Å². The smallest absolute Gasteiger partial charge is 0.323 e. The summed E-state index contributed by atoms with van der Waals surface area (Å²) in [6, 6.07) is 11.1. The van der Waals surface area contributed by atoms with Crippen LogP contribution in [0.1, 0.15) is 37.6 Å². The fraction of sp³-hybridized carbons (Fsp3) is 0.353. The number of aliphatic hydroxyl groups excluding tert-OH is 1. The standard InChI is InChI=1S/C34H37Cl2N7O6/c1-34(12-13-44,33(46)47)40-18-27-32(49-3)43-25(17-39-27)23-9-5-7-21(30(23)36)20-6-4-8-22(29(20)35)24-16-38-26(31(42-24)48-2)15-37-14-19-10-11-28(45)41-19/h4-9,16-17,19,37,40,44H,10-15,18H2,1-3H3,(H,41,45)(H,46,47)/t19-,34-/m0/s1.